The minimum absolute atomic E-state index is 0.0563. The Hall–Kier alpha value is -1.48. The zero-order valence-corrected chi connectivity index (χ0v) is 10.6. The van der Waals surface area contributed by atoms with Crippen LogP contribution in [0.15, 0.2) is 18.3 Å². The Morgan fingerprint density at radius 3 is 2.29 bits per heavy atom. The molecule has 0 spiro atoms. The second kappa shape index (κ2) is 4.41. The molecule has 0 N–H and O–H groups in total. The van der Waals surface area contributed by atoms with Crippen LogP contribution in [0.3, 0.4) is 0 Å². The van der Waals surface area contributed by atoms with E-state index >= 15 is 0 Å². The summed E-state index contributed by atoms with van der Waals surface area (Å²) in [6.45, 7) is 5.88. The molecule has 4 heteroatoms. The molecule has 0 atom stereocenters. The molecule has 0 bridgehead atoms. The highest BCUT2D eigenvalue weighted by atomic mass is 35.5. The fourth-order valence-corrected chi connectivity index (χ4v) is 2.21. The van der Waals surface area contributed by atoms with Crippen molar-refractivity contribution in [2.75, 3.05) is 0 Å². The summed E-state index contributed by atoms with van der Waals surface area (Å²) in [7, 11) is 0. The first kappa shape index (κ1) is 12.0. The number of hydrogen-bond acceptors (Lipinski definition) is 2. The highest BCUT2D eigenvalue weighted by Gasteiger charge is 2.13. The number of hydrogen-bond donors (Lipinski definition) is 0. The molecule has 0 amide bonds. The number of nitrogens with zero attached hydrogens (tertiary/aromatic N) is 2. The van der Waals surface area contributed by atoms with Gasteiger partial charge >= 0.3 is 0 Å². The van der Waals surface area contributed by atoms with E-state index in [4.69, 9.17) is 11.6 Å². The molecule has 1 aromatic heterocycles. The Kier molecular flexibility index (Phi) is 3.11. The summed E-state index contributed by atoms with van der Waals surface area (Å²) in [5.41, 5.74) is 4.16. The van der Waals surface area contributed by atoms with Crippen LogP contribution in [-0.2, 0) is 0 Å². The van der Waals surface area contributed by atoms with Gasteiger partial charge in [0.05, 0.1) is 6.20 Å². The molecule has 2 nitrogen and oxygen atoms in total. The SMILES string of the molecule is Cc1cc(C)c(-c2nc(Cl)ncc2F)c(C)c1. The molecule has 0 aliphatic rings. The fraction of sp³-hybridized carbons (Fsp3) is 0.231. The smallest absolute Gasteiger partial charge is 0.223 e. The molecule has 0 saturated carbocycles. The second-order valence-corrected chi connectivity index (χ2v) is 4.45. The largest absolute Gasteiger partial charge is 0.223 e. The van der Waals surface area contributed by atoms with Gasteiger partial charge in [-0.3, -0.25) is 0 Å². The average molecular weight is 251 g/mol. The third kappa shape index (κ3) is 2.29. The van der Waals surface area contributed by atoms with E-state index in [0.717, 1.165) is 28.5 Å². The Morgan fingerprint density at radius 2 is 1.71 bits per heavy atom. The number of halogens is 2. The molecule has 0 aliphatic heterocycles. The van der Waals surface area contributed by atoms with Gasteiger partial charge in [-0.25, -0.2) is 14.4 Å². The topological polar surface area (TPSA) is 25.8 Å². The molecule has 17 heavy (non-hydrogen) atoms. The van der Waals surface area contributed by atoms with Crippen LogP contribution < -0.4 is 0 Å². The van der Waals surface area contributed by atoms with Gasteiger partial charge in [0.15, 0.2) is 5.82 Å². The van der Waals surface area contributed by atoms with E-state index in [-0.39, 0.29) is 11.0 Å². The van der Waals surface area contributed by atoms with E-state index < -0.39 is 5.82 Å². The summed E-state index contributed by atoms with van der Waals surface area (Å²) in [4.78, 5) is 7.59. The molecule has 2 rings (SSSR count). The fourth-order valence-electron chi connectivity index (χ4n) is 2.07. The van der Waals surface area contributed by atoms with Gasteiger partial charge in [-0.15, -0.1) is 0 Å². The van der Waals surface area contributed by atoms with Gasteiger partial charge in [0.2, 0.25) is 5.28 Å². The van der Waals surface area contributed by atoms with E-state index in [9.17, 15) is 4.39 Å². The molecule has 0 saturated heterocycles. The van der Waals surface area contributed by atoms with Gasteiger partial charge in [0.1, 0.15) is 5.69 Å². The van der Waals surface area contributed by atoms with Crippen molar-refractivity contribution in [1.29, 1.82) is 0 Å². The van der Waals surface area contributed by atoms with Crippen LogP contribution >= 0.6 is 11.6 Å². The molecule has 0 radical (unpaired) electrons. The summed E-state index contributed by atoms with van der Waals surface area (Å²) >= 11 is 5.71. The van der Waals surface area contributed by atoms with E-state index in [1.807, 2.05) is 32.9 Å². The lowest BCUT2D eigenvalue weighted by molar-refractivity contribution is 0.617. The summed E-state index contributed by atoms with van der Waals surface area (Å²) in [5.74, 6) is -0.454. The molecule has 2 aromatic rings. The number of aryl methyl sites for hydroxylation is 3. The number of benzene rings is 1. The third-order valence-electron chi connectivity index (χ3n) is 2.63. The van der Waals surface area contributed by atoms with Crippen LogP contribution in [0.4, 0.5) is 4.39 Å². The van der Waals surface area contributed by atoms with Crippen LogP contribution in [0.2, 0.25) is 5.28 Å². The Balaban J connectivity index is 2.72. The predicted octanol–water partition coefficient (Wildman–Crippen LogP) is 3.86. The number of rotatable bonds is 1. The standard InChI is InChI=1S/C13H12ClFN2/c1-7-4-8(2)11(9(3)5-7)12-10(15)6-16-13(14)17-12/h4-6H,1-3H3. The van der Waals surface area contributed by atoms with Crippen molar-refractivity contribution < 1.29 is 4.39 Å². The molecule has 1 heterocycles. The summed E-state index contributed by atoms with van der Waals surface area (Å²) in [6, 6.07) is 4.00. The first-order valence-corrected chi connectivity index (χ1v) is 5.63. The first-order valence-electron chi connectivity index (χ1n) is 5.25. The molecule has 0 fully saturated rings. The average Bonchev–Trinajstić information content (AvgIpc) is 2.21. The van der Waals surface area contributed by atoms with Gasteiger partial charge in [0, 0.05) is 5.56 Å². The molecular formula is C13H12ClFN2. The lowest BCUT2D eigenvalue weighted by Crippen LogP contribution is -1.97. The monoisotopic (exact) mass is 250 g/mol. The zero-order chi connectivity index (χ0) is 12.6. The van der Waals surface area contributed by atoms with Crippen LogP contribution in [0.1, 0.15) is 16.7 Å². The van der Waals surface area contributed by atoms with Crippen LogP contribution in [-0.4, -0.2) is 9.97 Å². The lowest BCUT2D eigenvalue weighted by Gasteiger charge is -2.11. The summed E-state index contributed by atoms with van der Waals surface area (Å²) in [6.07, 6.45) is 1.10. The zero-order valence-electron chi connectivity index (χ0n) is 9.88. The van der Waals surface area contributed by atoms with Gasteiger partial charge < -0.3 is 0 Å². The van der Waals surface area contributed by atoms with Crippen molar-refractivity contribution in [3.63, 3.8) is 0 Å². The van der Waals surface area contributed by atoms with Gasteiger partial charge in [-0.05, 0) is 43.5 Å². The van der Waals surface area contributed by atoms with Crippen molar-refractivity contribution in [1.82, 2.24) is 9.97 Å². The summed E-state index contributed by atoms with van der Waals surface area (Å²) < 4.78 is 13.7. The molecule has 88 valence electrons. The molecule has 1 aromatic carbocycles. The lowest BCUT2D eigenvalue weighted by atomic mass is 9.97. The highest BCUT2D eigenvalue weighted by molar-refractivity contribution is 6.28. The second-order valence-electron chi connectivity index (χ2n) is 4.11. The minimum Gasteiger partial charge on any atom is -0.223 e. The quantitative estimate of drug-likeness (QED) is 0.718. The Morgan fingerprint density at radius 1 is 1.12 bits per heavy atom. The first-order chi connectivity index (χ1) is 7.99. The maximum absolute atomic E-state index is 13.7. The van der Waals surface area contributed by atoms with Crippen LogP contribution in [0.5, 0.6) is 0 Å². The van der Waals surface area contributed by atoms with E-state index in [0.29, 0.717) is 0 Å². The van der Waals surface area contributed by atoms with Gasteiger partial charge in [-0.2, -0.15) is 0 Å². The number of aromatic nitrogens is 2. The molecule has 0 unspecified atom stereocenters. The van der Waals surface area contributed by atoms with E-state index in [2.05, 4.69) is 9.97 Å². The van der Waals surface area contributed by atoms with Crippen LogP contribution in [0, 0.1) is 26.6 Å². The maximum atomic E-state index is 13.7. The van der Waals surface area contributed by atoms with Gasteiger partial charge in [-0.1, -0.05) is 17.7 Å². The van der Waals surface area contributed by atoms with Crippen molar-refractivity contribution in [3.05, 3.63) is 46.1 Å². The van der Waals surface area contributed by atoms with E-state index in [1.165, 1.54) is 0 Å². The highest BCUT2D eigenvalue weighted by Crippen LogP contribution is 2.29. The van der Waals surface area contributed by atoms with Crippen molar-refractivity contribution in [3.8, 4) is 11.3 Å². The Bertz CT molecular complexity index is 559. The summed E-state index contributed by atoms with van der Waals surface area (Å²) in [5, 5.41) is 0.0563. The Labute approximate surface area is 104 Å². The minimum atomic E-state index is -0.454. The van der Waals surface area contributed by atoms with E-state index in [1.54, 1.807) is 0 Å². The molecule has 0 aliphatic carbocycles. The van der Waals surface area contributed by atoms with Crippen molar-refractivity contribution in [2.45, 2.75) is 20.8 Å². The third-order valence-corrected chi connectivity index (χ3v) is 2.81. The molecular weight excluding hydrogens is 239 g/mol. The normalized spacial score (nSPS) is 10.6. The van der Waals surface area contributed by atoms with Crippen molar-refractivity contribution in [2.24, 2.45) is 0 Å². The van der Waals surface area contributed by atoms with Gasteiger partial charge in [0.25, 0.3) is 0 Å². The predicted molar refractivity (Wildman–Crippen MR) is 66.6 cm³/mol. The van der Waals surface area contributed by atoms with Crippen molar-refractivity contribution >= 4 is 11.6 Å². The van der Waals surface area contributed by atoms with Crippen LogP contribution in [0.25, 0.3) is 11.3 Å². The maximum Gasteiger partial charge on any atom is 0.223 e.